The van der Waals surface area contributed by atoms with E-state index in [4.69, 9.17) is 14.5 Å². The molecule has 1 fully saturated rings. The van der Waals surface area contributed by atoms with Crippen LogP contribution in [0.2, 0.25) is 0 Å². The number of hydrogen-bond acceptors (Lipinski definition) is 15. The molecule has 26 heteroatoms. The SMILES string of the molecule is CCCCCn1cnc2c(NCCNC(=O)/C=C/c3cn(C4CC(O)C(COP(=O)(O)OP(=O)(O)OP(=O)(O)O)O4)c(=O)[nH]c3=O)ncnc21. The molecular weight excluding hydrogens is 733 g/mol. The number of nitrogens with one attached hydrogen (secondary N) is 3. The molecule has 1 aliphatic heterocycles. The molecule has 276 valence electrons. The van der Waals surface area contributed by atoms with E-state index in [2.05, 4.69) is 45.7 Å². The summed E-state index contributed by atoms with van der Waals surface area (Å²) in [6.07, 6.45) is 5.09. The number of aromatic amines is 1. The van der Waals surface area contributed by atoms with Gasteiger partial charge >= 0.3 is 29.2 Å². The van der Waals surface area contributed by atoms with Gasteiger partial charge in [0.2, 0.25) is 5.91 Å². The number of fused-ring (bicyclic) bond motifs is 1. The van der Waals surface area contributed by atoms with Crippen LogP contribution >= 0.6 is 23.5 Å². The van der Waals surface area contributed by atoms with Crippen molar-refractivity contribution in [3.05, 3.63) is 51.3 Å². The molecule has 5 atom stereocenters. The normalized spacial score (nSPS) is 20.6. The average Bonchev–Trinajstić information content (AvgIpc) is 3.59. The molecule has 0 aliphatic carbocycles. The molecule has 0 saturated carbocycles. The van der Waals surface area contributed by atoms with Gasteiger partial charge in [0, 0.05) is 38.3 Å². The van der Waals surface area contributed by atoms with E-state index in [0.717, 1.165) is 48.7 Å². The van der Waals surface area contributed by atoms with E-state index in [1.165, 1.54) is 6.33 Å². The number of carbonyl (C=O) groups is 1. The molecule has 4 rings (SSSR count). The lowest BCUT2D eigenvalue weighted by Crippen LogP contribution is -2.33. The highest BCUT2D eigenvalue weighted by molar-refractivity contribution is 7.66. The third-order valence-corrected chi connectivity index (χ3v) is 10.7. The molecule has 4 heterocycles. The Kier molecular flexibility index (Phi) is 13.2. The molecule has 5 unspecified atom stereocenters. The van der Waals surface area contributed by atoms with Gasteiger partial charge in [-0.05, 0) is 12.5 Å². The van der Waals surface area contributed by atoms with Gasteiger partial charge in [0.05, 0.1) is 24.6 Å². The van der Waals surface area contributed by atoms with Crippen molar-refractivity contribution < 1.29 is 61.1 Å². The van der Waals surface area contributed by atoms with Crippen molar-refractivity contribution >= 4 is 52.4 Å². The summed E-state index contributed by atoms with van der Waals surface area (Å²) in [5.41, 5.74) is -0.674. The maximum atomic E-state index is 12.5. The van der Waals surface area contributed by atoms with Crippen molar-refractivity contribution in [3.8, 4) is 0 Å². The second-order valence-electron chi connectivity index (χ2n) is 10.7. The van der Waals surface area contributed by atoms with Crippen molar-refractivity contribution in [2.45, 2.75) is 57.6 Å². The van der Waals surface area contributed by atoms with E-state index < -0.39 is 65.7 Å². The number of phosphoric ester groups is 1. The zero-order chi connectivity index (χ0) is 36.7. The number of unbranched alkanes of at least 4 members (excludes halogenated alkanes) is 2. The van der Waals surface area contributed by atoms with Crippen LogP contribution in [0.25, 0.3) is 17.2 Å². The molecule has 0 bridgehead atoms. The van der Waals surface area contributed by atoms with Crippen molar-refractivity contribution in [2.75, 3.05) is 25.0 Å². The lowest BCUT2D eigenvalue weighted by atomic mass is 10.2. The van der Waals surface area contributed by atoms with E-state index in [-0.39, 0.29) is 25.1 Å². The van der Waals surface area contributed by atoms with Gasteiger partial charge in [-0.15, -0.1) is 0 Å². The number of imidazole rings is 1. The van der Waals surface area contributed by atoms with Gasteiger partial charge in [-0.1, -0.05) is 19.8 Å². The number of aromatic nitrogens is 6. The van der Waals surface area contributed by atoms with E-state index in [1.54, 1.807) is 6.33 Å². The first-order valence-corrected chi connectivity index (χ1v) is 19.3. The maximum absolute atomic E-state index is 12.5. The molecular formula is C24H35N8O15P3. The first-order valence-electron chi connectivity index (χ1n) is 14.8. The number of anilines is 1. The molecule has 1 aliphatic rings. The molecule has 23 nitrogen and oxygen atoms in total. The molecule has 1 saturated heterocycles. The lowest BCUT2D eigenvalue weighted by Gasteiger charge is -2.19. The van der Waals surface area contributed by atoms with Crippen molar-refractivity contribution in [3.63, 3.8) is 0 Å². The van der Waals surface area contributed by atoms with Crippen LogP contribution in [-0.2, 0) is 42.9 Å². The Morgan fingerprint density at radius 3 is 2.58 bits per heavy atom. The van der Waals surface area contributed by atoms with Gasteiger partial charge in [-0.25, -0.2) is 33.4 Å². The fraction of sp³-hybridized carbons (Fsp3) is 0.500. The highest BCUT2D eigenvalue weighted by Crippen LogP contribution is 2.66. The Labute approximate surface area is 281 Å². The third-order valence-electron chi connectivity index (χ3n) is 6.86. The van der Waals surface area contributed by atoms with Crippen LogP contribution in [0.15, 0.2) is 34.5 Å². The number of aliphatic hydroxyl groups is 1. The minimum Gasteiger partial charge on any atom is -0.390 e. The Bertz CT molecular complexity index is 1960. The maximum Gasteiger partial charge on any atom is 0.490 e. The summed E-state index contributed by atoms with van der Waals surface area (Å²) in [7, 11) is -16.9. The molecule has 0 radical (unpaired) electrons. The summed E-state index contributed by atoms with van der Waals surface area (Å²) in [6, 6.07) is 0. The van der Waals surface area contributed by atoms with Gasteiger partial charge in [-0.2, -0.15) is 8.62 Å². The Morgan fingerprint density at radius 2 is 1.86 bits per heavy atom. The molecule has 50 heavy (non-hydrogen) atoms. The molecule has 3 aromatic rings. The average molecular weight is 769 g/mol. The quantitative estimate of drug-likeness (QED) is 0.0483. The standard InChI is InChI=1S/C24H35N8O15P3/c1-2-3-4-9-31-14-29-20-21(27-13-28-22(20)31)26-8-7-25-18(34)6-5-15-11-32(24(36)30-23(15)35)19-10-16(33)17(45-19)12-44-49(40,41)47-50(42,43)46-48(37,38)39/h5-6,11,13-14,16-17,19,33H,2-4,7-10,12H2,1H3,(H,25,34)(H,40,41)(H,42,43)(H,26,27,28)(H,30,35,36)(H2,37,38,39)/b6-5+. The molecule has 3 aromatic heterocycles. The lowest BCUT2D eigenvalue weighted by molar-refractivity contribution is -0.116. The molecule has 1 amide bonds. The van der Waals surface area contributed by atoms with Crippen molar-refractivity contribution in [1.29, 1.82) is 0 Å². The summed E-state index contributed by atoms with van der Waals surface area (Å²) in [4.78, 5) is 88.4. The van der Waals surface area contributed by atoms with Crippen LogP contribution in [0, 0.1) is 0 Å². The van der Waals surface area contributed by atoms with Gasteiger partial charge in [-0.3, -0.25) is 23.7 Å². The number of ether oxygens (including phenoxy) is 1. The summed E-state index contributed by atoms with van der Waals surface area (Å²) in [6.45, 7) is 2.38. The van der Waals surface area contributed by atoms with Crippen LogP contribution in [0.5, 0.6) is 0 Å². The molecule has 0 spiro atoms. The smallest absolute Gasteiger partial charge is 0.390 e. The van der Waals surface area contributed by atoms with Crippen LogP contribution in [0.4, 0.5) is 5.82 Å². The number of amides is 1. The Morgan fingerprint density at radius 1 is 1.10 bits per heavy atom. The monoisotopic (exact) mass is 768 g/mol. The van der Waals surface area contributed by atoms with Gasteiger partial charge in [0.15, 0.2) is 11.5 Å². The van der Waals surface area contributed by atoms with Crippen molar-refractivity contribution in [2.24, 2.45) is 0 Å². The second-order valence-corrected chi connectivity index (χ2v) is 15.1. The van der Waals surface area contributed by atoms with Crippen LogP contribution < -0.4 is 21.9 Å². The van der Waals surface area contributed by atoms with Crippen molar-refractivity contribution in [1.82, 2.24) is 34.4 Å². The number of rotatable bonds is 18. The van der Waals surface area contributed by atoms with E-state index in [9.17, 15) is 43.0 Å². The summed E-state index contributed by atoms with van der Waals surface area (Å²) < 4.78 is 54.3. The minimum atomic E-state index is -5.76. The van der Waals surface area contributed by atoms with Gasteiger partial charge in [0.1, 0.15) is 24.2 Å². The number of aliphatic hydroxyl groups excluding tert-OH is 1. The first kappa shape index (κ1) is 39.4. The number of nitrogens with zero attached hydrogens (tertiary/aromatic N) is 5. The fourth-order valence-electron chi connectivity index (χ4n) is 4.64. The Balaban J connectivity index is 1.30. The second kappa shape index (κ2) is 16.7. The predicted molar refractivity (Wildman–Crippen MR) is 171 cm³/mol. The van der Waals surface area contributed by atoms with Crippen LogP contribution in [0.1, 0.15) is 44.4 Å². The van der Waals surface area contributed by atoms with Gasteiger partial charge < -0.3 is 44.6 Å². The van der Waals surface area contributed by atoms with E-state index in [1.807, 2.05) is 9.55 Å². The number of H-pyrrole nitrogens is 1. The van der Waals surface area contributed by atoms with E-state index in [0.29, 0.717) is 17.0 Å². The summed E-state index contributed by atoms with van der Waals surface area (Å²) >= 11 is 0. The fourth-order valence-corrected chi connectivity index (χ4v) is 7.67. The minimum absolute atomic E-state index is 0.148. The number of aryl methyl sites for hydroxylation is 1. The van der Waals surface area contributed by atoms with E-state index >= 15 is 0 Å². The van der Waals surface area contributed by atoms with Crippen LogP contribution in [-0.4, -0.2) is 91.6 Å². The number of hydrogen-bond donors (Lipinski definition) is 8. The molecule has 8 N–H and O–H groups in total. The zero-order valence-electron chi connectivity index (χ0n) is 26.2. The molecule has 0 aromatic carbocycles. The van der Waals surface area contributed by atoms with Crippen LogP contribution in [0.3, 0.4) is 0 Å². The highest BCUT2D eigenvalue weighted by atomic mass is 31.3. The summed E-state index contributed by atoms with van der Waals surface area (Å²) in [5, 5.41) is 16.1. The predicted octanol–water partition coefficient (Wildman–Crippen LogP) is 0.0997. The highest BCUT2D eigenvalue weighted by Gasteiger charge is 2.43. The summed E-state index contributed by atoms with van der Waals surface area (Å²) in [5.74, 6) is -0.0747. The number of carbonyl (C=O) groups excluding carboxylic acids is 1. The number of phosphoric acid groups is 3. The van der Waals surface area contributed by atoms with Gasteiger partial charge in [0.25, 0.3) is 5.56 Å². The zero-order valence-corrected chi connectivity index (χ0v) is 28.9. The largest absolute Gasteiger partial charge is 0.490 e. The Hall–Kier alpha value is -3.43. The first-order chi connectivity index (χ1) is 23.5. The topological polar surface area (TPSA) is 329 Å². The third kappa shape index (κ3) is 11.3.